The fourth-order valence-corrected chi connectivity index (χ4v) is 1.86. The van der Waals surface area contributed by atoms with Crippen LogP contribution in [-0.2, 0) is 20.8 Å². The number of ether oxygens (including phenoxy) is 3. The number of hydrogen-bond donors (Lipinski definition) is 1. The minimum absolute atomic E-state index is 0.0703. The summed E-state index contributed by atoms with van der Waals surface area (Å²) in [5.74, 6) is 0. The van der Waals surface area contributed by atoms with Gasteiger partial charge in [-0.05, 0) is 5.56 Å². The molecule has 4 nitrogen and oxygen atoms in total. The van der Waals surface area contributed by atoms with E-state index in [1.54, 1.807) is 14.2 Å². The molecule has 0 saturated heterocycles. The first-order valence-corrected chi connectivity index (χ1v) is 6.95. The summed E-state index contributed by atoms with van der Waals surface area (Å²) >= 11 is 0. The summed E-state index contributed by atoms with van der Waals surface area (Å²) in [5.41, 5.74) is 1.36. The maximum absolute atomic E-state index is 5.66. The first-order chi connectivity index (χ1) is 9.57. The molecule has 0 aliphatic heterocycles. The largest absolute Gasteiger partial charge is 0.376 e. The second-order valence-corrected chi connectivity index (χ2v) is 5.67. The van der Waals surface area contributed by atoms with Crippen LogP contribution in [0, 0.1) is 5.41 Å². The molecule has 1 aromatic rings. The van der Waals surface area contributed by atoms with Gasteiger partial charge in [-0.25, -0.2) is 0 Å². The fraction of sp³-hybridized carbons (Fsp3) is 0.625. The molecule has 0 radical (unpaired) electrons. The van der Waals surface area contributed by atoms with Crippen LogP contribution < -0.4 is 5.32 Å². The summed E-state index contributed by atoms with van der Waals surface area (Å²) in [6.45, 7) is 7.25. The molecule has 0 amide bonds. The van der Waals surface area contributed by atoms with Crippen LogP contribution in [0.4, 0.5) is 0 Å². The summed E-state index contributed by atoms with van der Waals surface area (Å²) in [6, 6.07) is 10.4. The molecule has 1 aromatic carbocycles. The Morgan fingerprint density at radius 3 is 2.35 bits per heavy atom. The topological polar surface area (TPSA) is 39.7 Å². The van der Waals surface area contributed by atoms with Crippen molar-refractivity contribution in [1.82, 2.24) is 5.32 Å². The Labute approximate surface area is 122 Å². The highest BCUT2D eigenvalue weighted by Crippen LogP contribution is 2.14. The third-order valence-corrected chi connectivity index (χ3v) is 3.05. The van der Waals surface area contributed by atoms with E-state index in [9.17, 15) is 0 Å². The highest BCUT2D eigenvalue weighted by Gasteiger charge is 2.18. The normalized spacial score (nSPS) is 12.1. The van der Waals surface area contributed by atoms with Crippen molar-refractivity contribution in [2.45, 2.75) is 26.7 Å². The van der Waals surface area contributed by atoms with E-state index in [0.717, 1.165) is 13.1 Å². The molecule has 4 heteroatoms. The van der Waals surface area contributed by atoms with Gasteiger partial charge in [0.05, 0.1) is 13.2 Å². The zero-order valence-electron chi connectivity index (χ0n) is 13.0. The van der Waals surface area contributed by atoms with E-state index in [-0.39, 0.29) is 11.7 Å². The van der Waals surface area contributed by atoms with E-state index < -0.39 is 0 Å². The summed E-state index contributed by atoms with van der Waals surface area (Å²) in [5, 5.41) is 3.47. The molecule has 1 N–H and O–H groups in total. The predicted molar refractivity (Wildman–Crippen MR) is 80.6 cm³/mol. The second-order valence-electron chi connectivity index (χ2n) is 5.67. The lowest BCUT2D eigenvalue weighted by molar-refractivity contribution is -0.146. The van der Waals surface area contributed by atoms with Gasteiger partial charge in [-0.3, -0.25) is 0 Å². The Morgan fingerprint density at radius 1 is 1.10 bits per heavy atom. The zero-order valence-corrected chi connectivity index (χ0v) is 13.0. The van der Waals surface area contributed by atoms with E-state index in [0.29, 0.717) is 13.2 Å². The van der Waals surface area contributed by atoms with Gasteiger partial charge in [0, 0.05) is 32.7 Å². The van der Waals surface area contributed by atoms with E-state index in [2.05, 4.69) is 43.4 Å². The van der Waals surface area contributed by atoms with Gasteiger partial charge < -0.3 is 19.5 Å². The van der Waals surface area contributed by atoms with Crippen molar-refractivity contribution in [1.29, 1.82) is 0 Å². The highest BCUT2D eigenvalue weighted by molar-refractivity contribution is 5.14. The molecule has 0 spiro atoms. The average Bonchev–Trinajstić information content (AvgIpc) is 2.44. The molecular weight excluding hydrogens is 254 g/mol. The average molecular weight is 281 g/mol. The monoisotopic (exact) mass is 281 g/mol. The molecule has 0 atom stereocenters. The van der Waals surface area contributed by atoms with E-state index in [1.807, 2.05) is 6.07 Å². The Kier molecular flexibility index (Phi) is 7.77. The minimum atomic E-state index is -0.289. The lowest BCUT2D eigenvalue weighted by Gasteiger charge is -2.26. The molecule has 0 heterocycles. The molecule has 0 unspecified atom stereocenters. The summed E-state index contributed by atoms with van der Waals surface area (Å²) in [4.78, 5) is 0. The first-order valence-electron chi connectivity index (χ1n) is 6.95. The standard InChI is InChI=1S/C16H27NO3/c1-16(2,13-20-11-15(18-3)19-4)12-17-10-14-8-6-5-7-9-14/h5-9,15,17H,10-13H2,1-4H3. The second kappa shape index (κ2) is 9.08. The molecule has 0 aliphatic carbocycles. The van der Waals surface area contributed by atoms with Crippen LogP contribution in [0.15, 0.2) is 30.3 Å². The van der Waals surface area contributed by atoms with Crippen molar-refractivity contribution in [2.24, 2.45) is 5.41 Å². The van der Waals surface area contributed by atoms with Crippen LogP contribution in [0.25, 0.3) is 0 Å². The zero-order chi connectivity index (χ0) is 14.8. The SMILES string of the molecule is COC(COCC(C)(C)CNCc1ccccc1)OC. The van der Waals surface area contributed by atoms with Crippen LogP contribution in [0.5, 0.6) is 0 Å². The van der Waals surface area contributed by atoms with Gasteiger partial charge in [0.25, 0.3) is 0 Å². The van der Waals surface area contributed by atoms with Crippen LogP contribution in [0.3, 0.4) is 0 Å². The quantitative estimate of drug-likeness (QED) is 0.669. The van der Waals surface area contributed by atoms with Crippen LogP contribution in [-0.4, -0.2) is 40.3 Å². The smallest absolute Gasteiger partial charge is 0.180 e. The molecular formula is C16H27NO3. The molecule has 0 aromatic heterocycles. The number of methoxy groups -OCH3 is 2. The van der Waals surface area contributed by atoms with Gasteiger partial charge in [-0.2, -0.15) is 0 Å². The van der Waals surface area contributed by atoms with Gasteiger partial charge >= 0.3 is 0 Å². The summed E-state index contributed by atoms with van der Waals surface area (Å²) < 4.78 is 15.8. The molecule has 0 saturated carbocycles. The van der Waals surface area contributed by atoms with Gasteiger partial charge in [0.2, 0.25) is 0 Å². The van der Waals surface area contributed by atoms with Crippen molar-refractivity contribution in [2.75, 3.05) is 34.0 Å². The maximum atomic E-state index is 5.66. The molecule has 0 aliphatic rings. The van der Waals surface area contributed by atoms with Crippen LogP contribution >= 0.6 is 0 Å². The summed E-state index contributed by atoms with van der Waals surface area (Å²) in [7, 11) is 3.23. The Morgan fingerprint density at radius 2 is 1.75 bits per heavy atom. The maximum Gasteiger partial charge on any atom is 0.180 e. The predicted octanol–water partition coefficient (Wildman–Crippen LogP) is 2.44. The van der Waals surface area contributed by atoms with Crippen molar-refractivity contribution in [3.8, 4) is 0 Å². The van der Waals surface area contributed by atoms with Crippen molar-refractivity contribution in [3.63, 3.8) is 0 Å². The number of hydrogen-bond acceptors (Lipinski definition) is 4. The molecule has 20 heavy (non-hydrogen) atoms. The van der Waals surface area contributed by atoms with E-state index in [4.69, 9.17) is 14.2 Å². The molecule has 0 fully saturated rings. The Balaban J connectivity index is 2.20. The molecule has 0 bridgehead atoms. The number of nitrogens with one attached hydrogen (secondary N) is 1. The summed E-state index contributed by atoms with van der Waals surface area (Å²) in [6.07, 6.45) is -0.289. The van der Waals surface area contributed by atoms with Gasteiger partial charge in [0.15, 0.2) is 6.29 Å². The van der Waals surface area contributed by atoms with Crippen molar-refractivity contribution < 1.29 is 14.2 Å². The lowest BCUT2D eigenvalue weighted by atomic mass is 9.95. The van der Waals surface area contributed by atoms with E-state index >= 15 is 0 Å². The minimum Gasteiger partial charge on any atom is -0.376 e. The third kappa shape index (κ3) is 7.01. The van der Waals surface area contributed by atoms with Gasteiger partial charge in [-0.15, -0.1) is 0 Å². The number of benzene rings is 1. The van der Waals surface area contributed by atoms with Gasteiger partial charge in [0.1, 0.15) is 0 Å². The van der Waals surface area contributed by atoms with Crippen molar-refractivity contribution in [3.05, 3.63) is 35.9 Å². The van der Waals surface area contributed by atoms with Crippen LogP contribution in [0.2, 0.25) is 0 Å². The molecule has 114 valence electrons. The number of rotatable bonds is 10. The van der Waals surface area contributed by atoms with Crippen molar-refractivity contribution >= 4 is 0 Å². The first kappa shape index (κ1) is 17.1. The van der Waals surface area contributed by atoms with E-state index in [1.165, 1.54) is 5.56 Å². The van der Waals surface area contributed by atoms with Gasteiger partial charge in [-0.1, -0.05) is 44.2 Å². The fourth-order valence-electron chi connectivity index (χ4n) is 1.86. The van der Waals surface area contributed by atoms with Crippen LogP contribution in [0.1, 0.15) is 19.4 Å². The molecule has 1 rings (SSSR count). The Hall–Kier alpha value is -0.940. The Bertz CT molecular complexity index is 350. The highest BCUT2D eigenvalue weighted by atomic mass is 16.7. The third-order valence-electron chi connectivity index (χ3n) is 3.05. The lowest BCUT2D eigenvalue weighted by Crippen LogP contribution is -2.34.